The molecular weight excluding hydrogens is 810 g/mol. The molecule has 3 atom stereocenters. The Morgan fingerprint density at radius 3 is 2.39 bits per heavy atom. The van der Waals surface area contributed by atoms with E-state index in [1.807, 2.05) is 0 Å². The lowest BCUT2D eigenvalue weighted by atomic mass is 9.86. The molecule has 1 aromatic carbocycles. The number of aromatic nitrogens is 2. The Morgan fingerprint density at radius 1 is 0.968 bits per heavy atom. The summed E-state index contributed by atoms with van der Waals surface area (Å²) in [5.74, 6) is -4.52. The summed E-state index contributed by atoms with van der Waals surface area (Å²) in [4.78, 5) is 106. The molecule has 0 spiro atoms. The number of imide groups is 1. The number of cyclic esters (lactones) is 1. The minimum Gasteiger partial charge on any atom is -0.458 e. The minimum atomic E-state index is -1.99. The fourth-order valence-electron chi connectivity index (χ4n) is 7.68. The number of nitrogens with one attached hydrogen (secondary N) is 4. The molecule has 6 rings (SSSR count). The minimum absolute atomic E-state index is 0.0129. The van der Waals surface area contributed by atoms with Crippen LogP contribution >= 0.6 is 0 Å². The summed E-state index contributed by atoms with van der Waals surface area (Å²) in [6, 6.07) is 2.68. The Labute approximate surface area is 355 Å². The Morgan fingerprint density at radius 2 is 1.69 bits per heavy atom. The highest BCUT2D eigenvalue weighted by Gasteiger charge is 2.45. The molecule has 0 radical (unpaired) electrons. The molecule has 0 aliphatic carbocycles. The predicted molar refractivity (Wildman–Crippen MR) is 219 cm³/mol. The SMILES string of the molecule is CC[C@@]1(O)C(=O)OCc2c1cc1n(c2=O)Cc2cc3c(CNC(=O)COCNC(=O)[C@H](C)NC(=O)[C@@H](NC(=O)CCCCCN4C(=O)C=CC4=O)C(C)C)c(C)c(F)cc3nc2-1. The van der Waals surface area contributed by atoms with Crippen molar-refractivity contribution < 1.29 is 52.5 Å². The maximum absolute atomic E-state index is 15.3. The summed E-state index contributed by atoms with van der Waals surface area (Å²) in [7, 11) is 0. The first kappa shape index (κ1) is 45.2. The largest absolute Gasteiger partial charge is 0.458 e. The zero-order valence-electron chi connectivity index (χ0n) is 35.1. The molecule has 2 aromatic heterocycles. The van der Waals surface area contributed by atoms with Crippen LogP contribution in [0.15, 0.2) is 35.1 Å². The first-order valence-electron chi connectivity index (χ1n) is 20.5. The highest BCUT2D eigenvalue weighted by atomic mass is 19.1. The fourth-order valence-corrected chi connectivity index (χ4v) is 7.68. The van der Waals surface area contributed by atoms with E-state index >= 15 is 4.39 Å². The van der Waals surface area contributed by atoms with Crippen molar-refractivity contribution >= 4 is 52.3 Å². The first-order valence-corrected chi connectivity index (χ1v) is 20.5. The smallest absolute Gasteiger partial charge is 0.343 e. The summed E-state index contributed by atoms with van der Waals surface area (Å²) in [6.45, 7) is 7.31. The molecule has 0 fully saturated rings. The number of hydrogen-bond acceptors (Lipinski definition) is 12. The van der Waals surface area contributed by atoms with Crippen LogP contribution in [0.2, 0.25) is 0 Å². The summed E-state index contributed by atoms with van der Waals surface area (Å²) in [5.41, 5.74) is 0.316. The highest BCUT2D eigenvalue weighted by molar-refractivity contribution is 6.12. The van der Waals surface area contributed by atoms with Crippen molar-refractivity contribution in [3.8, 4) is 11.4 Å². The molecule has 6 amide bonds. The van der Waals surface area contributed by atoms with Gasteiger partial charge in [0.25, 0.3) is 17.4 Å². The van der Waals surface area contributed by atoms with Gasteiger partial charge in [-0.2, -0.15) is 0 Å². The third kappa shape index (κ3) is 9.28. The highest BCUT2D eigenvalue weighted by Crippen LogP contribution is 2.39. The number of carbonyl (C=O) groups is 7. The predicted octanol–water partition coefficient (Wildman–Crippen LogP) is 1.36. The van der Waals surface area contributed by atoms with Gasteiger partial charge in [0.1, 0.15) is 37.8 Å². The van der Waals surface area contributed by atoms with E-state index in [4.69, 9.17) is 14.5 Å². The number of benzene rings is 1. The van der Waals surface area contributed by atoms with Crippen LogP contribution in [0.3, 0.4) is 0 Å². The van der Waals surface area contributed by atoms with Gasteiger partial charge in [0.2, 0.25) is 23.6 Å². The van der Waals surface area contributed by atoms with Gasteiger partial charge in [-0.3, -0.25) is 38.5 Å². The number of unbranched alkanes of at least 4 members (excludes halogenated alkanes) is 2. The van der Waals surface area contributed by atoms with Crippen molar-refractivity contribution in [2.45, 2.75) is 104 Å². The van der Waals surface area contributed by atoms with Gasteiger partial charge >= 0.3 is 5.97 Å². The van der Waals surface area contributed by atoms with Crippen molar-refractivity contribution in [2.24, 2.45) is 5.92 Å². The molecule has 3 aliphatic heterocycles. The van der Waals surface area contributed by atoms with Gasteiger partial charge in [0.15, 0.2) is 5.60 Å². The number of nitrogens with zero attached hydrogens (tertiary/aromatic N) is 3. The van der Waals surface area contributed by atoms with Crippen molar-refractivity contribution in [3.63, 3.8) is 0 Å². The maximum Gasteiger partial charge on any atom is 0.343 e. The number of ether oxygens (including phenoxy) is 2. The second-order valence-corrected chi connectivity index (χ2v) is 15.9. The zero-order valence-corrected chi connectivity index (χ0v) is 35.1. The molecule has 0 bridgehead atoms. The van der Waals surface area contributed by atoms with Crippen LogP contribution in [0.25, 0.3) is 22.3 Å². The van der Waals surface area contributed by atoms with Crippen molar-refractivity contribution in [1.29, 1.82) is 0 Å². The van der Waals surface area contributed by atoms with Crippen molar-refractivity contribution in [3.05, 3.63) is 74.3 Å². The number of pyridine rings is 2. The van der Waals surface area contributed by atoms with Crippen LogP contribution in [0.5, 0.6) is 0 Å². The summed E-state index contributed by atoms with van der Waals surface area (Å²) < 4.78 is 27.2. The molecule has 0 saturated heterocycles. The van der Waals surface area contributed by atoms with E-state index in [1.54, 1.807) is 39.8 Å². The van der Waals surface area contributed by atoms with E-state index in [9.17, 15) is 43.5 Å². The second-order valence-electron chi connectivity index (χ2n) is 15.9. The van der Waals surface area contributed by atoms with E-state index in [2.05, 4.69) is 21.3 Å². The Hall–Kier alpha value is -6.34. The molecule has 330 valence electrons. The lowest BCUT2D eigenvalue weighted by Crippen LogP contribution is -2.54. The van der Waals surface area contributed by atoms with Crippen LogP contribution in [0, 0.1) is 18.7 Å². The molecule has 3 aromatic rings. The van der Waals surface area contributed by atoms with Crippen LogP contribution in [0.1, 0.15) is 87.6 Å². The summed E-state index contributed by atoms with van der Waals surface area (Å²) in [6.07, 6.45) is 4.16. The molecule has 0 unspecified atom stereocenters. The Bertz CT molecular complexity index is 2430. The number of halogens is 1. The quantitative estimate of drug-likeness (QED) is 0.0413. The second kappa shape index (κ2) is 18.7. The summed E-state index contributed by atoms with van der Waals surface area (Å²) in [5, 5.41) is 22.2. The van der Waals surface area contributed by atoms with E-state index in [-0.39, 0.29) is 91.7 Å². The number of amides is 6. The van der Waals surface area contributed by atoms with Gasteiger partial charge in [0.05, 0.1) is 29.0 Å². The summed E-state index contributed by atoms with van der Waals surface area (Å²) >= 11 is 0. The Kier molecular flexibility index (Phi) is 13.7. The molecule has 19 heteroatoms. The van der Waals surface area contributed by atoms with Crippen LogP contribution < -0.4 is 26.8 Å². The van der Waals surface area contributed by atoms with Gasteiger partial charge in [-0.05, 0) is 62.3 Å². The molecule has 62 heavy (non-hydrogen) atoms. The molecule has 3 aliphatic rings. The number of fused-ring (bicyclic) bond motifs is 5. The van der Waals surface area contributed by atoms with Crippen LogP contribution in [0.4, 0.5) is 4.39 Å². The molecule has 18 nitrogen and oxygen atoms in total. The molecule has 0 saturated carbocycles. The van der Waals surface area contributed by atoms with E-state index in [0.29, 0.717) is 47.2 Å². The number of esters is 1. The van der Waals surface area contributed by atoms with Crippen molar-refractivity contribution in [2.75, 3.05) is 19.9 Å². The standard InChI is InChI=1S/C43H50FN7O11/c1-6-43(60)29-15-32-38-25(18-51(32)41(58)28(29)19-62-42(43)59)14-26-27(23(4)30(44)16-31(26)48-38)17-45-34(53)20-61-21-46-39(56)24(5)47-40(57)37(22(2)3)49-33(52)10-8-7-9-13-50-35(54)11-12-36(50)55/h11-12,14-16,22,24,37,60H,6-10,13,17-21H2,1-5H3,(H,45,53)(H,46,56)(H,47,57)(H,49,52)/t24-,37-,43-/m0/s1. The fraction of sp³-hybridized carbons (Fsp3) is 0.465. The van der Waals surface area contributed by atoms with Gasteiger partial charge < -0.3 is 40.4 Å². The third-order valence-corrected chi connectivity index (χ3v) is 11.4. The van der Waals surface area contributed by atoms with E-state index in [0.717, 1.165) is 4.90 Å². The average molecular weight is 860 g/mol. The molecule has 5 heterocycles. The van der Waals surface area contributed by atoms with E-state index < -0.39 is 59.4 Å². The van der Waals surface area contributed by atoms with Crippen LogP contribution in [-0.4, -0.2) is 92.9 Å². The topological polar surface area (TPSA) is 244 Å². The maximum atomic E-state index is 15.3. The monoisotopic (exact) mass is 859 g/mol. The third-order valence-electron chi connectivity index (χ3n) is 11.4. The molecular formula is C43H50FN7O11. The van der Waals surface area contributed by atoms with Crippen molar-refractivity contribution in [1.82, 2.24) is 35.7 Å². The van der Waals surface area contributed by atoms with Gasteiger partial charge in [-0.1, -0.05) is 27.2 Å². The van der Waals surface area contributed by atoms with Gasteiger partial charge in [-0.25, -0.2) is 14.2 Å². The number of aliphatic hydroxyl groups is 1. The number of carbonyl (C=O) groups excluding carboxylic acids is 7. The average Bonchev–Trinajstić information content (AvgIpc) is 3.76. The van der Waals surface area contributed by atoms with Gasteiger partial charge in [0, 0.05) is 54.2 Å². The number of rotatable bonds is 18. The van der Waals surface area contributed by atoms with E-state index in [1.165, 1.54) is 29.7 Å². The zero-order chi connectivity index (χ0) is 45.0. The van der Waals surface area contributed by atoms with Crippen LogP contribution in [-0.2, 0) is 68.3 Å². The first-order chi connectivity index (χ1) is 29.4. The number of hydrogen-bond donors (Lipinski definition) is 5. The van der Waals surface area contributed by atoms with Gasteiger partial charge in [-0.15, -0.1) is 0 Å². The normalized spacial score (nSPS) is 17.4. The lowest BCUT2D eigenvalue weighted by Gasteiger charge is -2.31. The lowest BCUT2D eigenvalue weighted by molar-refractivity contribution is -0.172. The Balaban J connectivity index is 0.971. The molecule has 5 N–H and O–H groups in total.